The molecule has 5 nitrogen and oxygen atoms in total. The van der Waals surface area contributed by atoms with Crippen LogP contribution in [0.25, 0.3) is 10.9 Å². The van der Waals surface area contributed by atoms with Gasteiger partial charge in [-0.2, -0.15) is 0 Å². The zero-order valence-corrected chi connectivity index (χ0v) is 14.8. The van der Waals surface area contributed by atoms with Crippen molar-refractivity contribution < 1.29 is 9.53 Å². The van der Waals surface area contributed by atoms with Crippen LogP contribution in [0.15, 0.2) is 24.4 Å². The van der Waals surface area contributed by atoms with Gasteiger partial charge in [-0.05, 0) is 45.4 Å². The van der Waals surface area contributed by atoms with Gasteiger partial charge in [0.25, 0.3) is 0 Å². The summed E-state index contributed by atoms with van der Waals surface area (Å²) in [6.45, 7) is 8.76. The number of alkyl carbamates (subject to hydrolysis) is 1. The van der Waals surface area contributed by atoms with Gasteiger partial charge in [0.05, 0.1) is 0 Å². The molecule has 0 fully saturated rings. The number of aromatic nitrogens is 1. The van der Waals surface area contributed by atoms with Gasteiger partial charge in [0, 0.05) is 41.3 Å². The number of halogens is 1. The number of carbonyl (C=O) groups excluding carboxylic acids is 1. The second-order valence-electron chi connectivity index (χ2n) is 6.67. The fraction of sp³-hybridized carbons (Fsp3) is 0.471. The van der Waals surface area contributed by atoms with Crippen LogP contribution in [-0.4, -0.2) is 29.3 Å². The van der Waals surface area contributed by atoms with Crippen LogP contribution in [-0.2, 0) is 11.3 Å². The molecule has 0 spiro atoms. The van der Waals surface area contributed by atoms with E-state index in [4.69, 9.17) is 16.3 Å². The summed E-state index contributed by atoms with van der Waals surface area (Å²) in [4.78, 5) is 14.8. The Kier molecular flexibility index (Phi) is 5.55. The second-order valence-corrected chi connectivity index (χ2v) is 7.10. The third-order valence-electron chi connectivity index (χ3n) is 3.32. The van der Waals surface area contributed by atoms with Crippen LogP contribution >= 0.6 is 11.6 Å². The number of nitrogens with one attached hydrogen (secondary N) is 3. The lowest BCUT2D eigenvalue weighted by atomic mass is 10.1. The molecule has 1 unspecified atom stereocenters. The highest BCUT2D eigenvalue weighted by Crippen LogP contribution is 2.21. The predicted octanol–water partition coefficient (Wildman–Crippen LogP) is 3.82. The van der Waals surface area contributed by atoms with Crippen LogP contribution in [0.5, 0.6) is 0 Å². The molecule has 1 aromatic carbocycles. The Bertz CT molecular complexity index is 676. The summed E-state index contributed by atoms with van der Waals surface area (Å²) in [6.07, 6.45) is 1.58. The molecular weight excluding hydrogens is 314 g/mol. The first-order valence-corrected chi connectivity index (χ1v) is 8.08. The molecule has 0 saturated heterocycles. The molecule has 0 radical (unpaired) electrons. The summed E-state index contributed by atoms with van der Waals surface area (Å²) in [5, 5.41) is 8.02. The molecule has 6 heteroatoms. The minimum absolute atomic E-state index is 0.125. The highest BCUT2D eigenvalue weighted by Gasteiger charge is 2.16. The molecule has 2 rings (SSSR count). The molecule has 0 aliphatic rings. The number of benzene rings is 1. The Morgan fingerprint density at radius 1 is 1.39 bits per heavy atom. The zero-order valence-electron chi connectivity index (χ0n) is 14.0. The molecule has 0 saturated carbocycles. The average molecular weight is 338 g/mol. The molecule has 2 aromatic rings. The van der Waals surface area contributed by atoms with Gasteiger partial charge in [0.2, 0.25) is 0 Å². The van der Waals surface area contributed by atoms with E-state index in [0.717, 1.165) is 10.9 Å². The largest absolute Gasteiger partial charge is 0.444 e. The third-order valence-corrected chi connectivity index (χ3v) is 3.56. The monoisotopic (exact) mass is 337 g/mol. The van der Waals surface area contributed by atoms with Crippen LogP contribution in [0, 0.1) is 0 Å². The standard InChI is InChI=1S/C17H24ClN3O2/c1-11(8-21-16(22)23-17(2,3)4)19-9-12-10-20-15-7-13(18)5-6-14(12)15/h5-7,10-11,19-20H,8-9H2,1-4H3,(H,21,22). The van der Waals surface area contributed by atoms with Crippen molar-refractivity contribution in [3.05, 3.63) is 35.0 Å². The van der Waals surface area contributed by atoms with E-state index >= 15 is 0 Å². The maximum atomic E-state index is 11.6. The molecule has 126 valence electrons. The first-order valence-electron chi connectivity index (χ1n) is 7.70. The van der Waals surface area contributed by atoms with E-state index in [0.29, 0.717) is 18.1 Å². The second kappa shape index (κ2) is 7.23. The Morgan fingerprint density at radius 3 is 2.83 bits per heavy atom. The normalized spacial score (nSPS) is 13.1. The molecule has 0 bridgehead atoms. The first kappa shape index (κ1) is 17.6. The van der Waals surface area contributed by atoms with Gasteiger partial charge in [0.15, 0.2) is 0 Å². The summed E-state index contributed by atoms with van der Waals surface area (Å²) in [6, 6.07) is 5.93. The maximum absolute atomic E-state index is 11.6. The smallest absolute Gasteiger partial charge is 0.407 e. The topological polar surface area (TPSA) is 66.2 Å². The first-order chi connectivity index (χ1) is 10.7. The number of fused-ring (bicyclic) bond motifs is 1. The minimum atomic E-state index is -0.480. The number of hydrogen-bond donors (Lipinski definition) is 3. The molecule has 1 heterocycles. The van der Waals surface area contributed by atoms with Crippen molar-refractivity contribution >= 4 is 28.6 Å². The highest BCUT2D eigenvalue weighted by atomic mass is 35.5. The van der Waals surface area contributed by atoms with Crippen molar-refractivity contribution in [3.63, 3.8) is 0 Å². The number of carbonyl (C=O) groups is 1. The van der Waals surface area contributed by atoms with E-state index in [1.54, 1.807) is 0 Å². The van der Waals surface area contributed by atoms with Gasteiger partial charge in [-0.15, -0.1) is 0 Å². The molecule has 0 aliphatic carbocycles. The van der Waals surface area contributed by atoms with Gasteiger partial charge in [-0.1, -0.05) is 17.7 Å². The number of amides is 1. The Hall–Kier alpha value is -1.72. The molecule has 1 amide bonds. The summed E-state index contributed by atoms with van der Waals surface area (Å²) >= 11 is 5.98. The average Bonchev–Trinajstić information content (AvgIpc) is 2.83. The summed E-state index contributed by atoms with van der Waals surface area (Å²) in [7, 11) is 0. The summed E-state index contributed by atoms with van der Waals surface area (Å²) in [5.41, 5.74) is 1.71. The van der Waals surface area contributed by atoms with Gasteiger partial charge in [0.1, 0.15) is 5.60 Å². The molecular formula is C17H24ClN3O2. The number of ether oxygens (including phenoxy) is 1. The quantitative estimate of drug-likeness (QED) is 0.777. The molecule has 1 atom stereocenters. The van der Waals surface area contributed by atoms with E-state index < -0.39 is 11.7 Å². The van der Waals surface area contributed by atoms with Gasteiger partial charge < -0.3 is 20.4 Å². The van der Waals surface area contributed by atoms with Crippen molar-refractivity contribution in [1.29, 1.82) is 0 Å². The fourth-order valence-electron chi connectivity index (χ4n) is 2.21. The van der Waals surface area contributed by atoms with Crippen molar-refractivity contribution in [2.45, 2.75) is 45.9 Å². The Morgan fingerprint density at radius 2 is 2.13 bits per heavy atom. The van der Waals surface area contributed by atoms with Crippen molar-refractivity contribution in [2.24, 2.45) is 0 Å². The SMILES string of the molecule is CC(CNC(=O)OC(C)(C)C)NCc1c[nH]c2cc(Cl)ccc12. The fourth-order valence-corrected chi connectivity index (χ4v) is 2.38. The van der Waals surface area contributed by atoms with Gasteiger partial charge in [-0.25, -0.2) is 4.79 Å². The summed E-state index contributed by atoms with van der Waals surface area (Å²) < 4.78 is 5.21. The number of rotatable bonds is 5. The van der Waals surface area contributed by atoms with Crippen LogP contribution < -0.4 is 10.6 Å². The molecule has 0 aliphatic heterocycles. The number of H-pyrrole nitrogens is 1. The van der Waals surface area contributed by atoms with E-state index in [2.05, 4.69) is 15.6 Å². The van der Waals surface area contributed by atoms with Crippen LogP contribution in [0.4, 0.5) is 4.79 Å². The molecule has 1 aromatic heterocycles. The molecule has 23 heavy (non-hydrogen) atoms. The van der Waals surface area contributed by atoms with Crippen molar-refractivity contribution in [1.82, 2.24) is 15.6 Å². The lowest BCUT2D eigenvalue weighted by Crippen LogP contribution is -2.40. The highest BCUT2D eigenvalue weighted by molar-refractivity contribution is 6.31. The predicted molar refractivity (Wildman–Crippen MR) is 93.8 cm³/mol. The minimum Gasteiger partial charge on any atom is -0.444 e. The number of hydrogen-bond acceptors (Lipinski definition) is 3. The Balaban J connectivity index is 1.82. The van der Waals surface area contributed by atoms with E-state index in [1.165, 1.54) is 5.56 Å². The third kappa shape index (κ3) is 5.44. The lowest BCUT2D eigenvalue weighted by molar-refractivity contribution is 0.0523. The number of aromatic amines is 1. The van der Waals surface area contributed by atoms with Crippen LogP contribution in [0.2, 0.25) is 5.02 Å². The van der Waals surface area contributed by atoms with E-state index in [9.17, 15) is 4.79 Å². The maximum Gasteiger partial charge on any atom is 0.407 e. The lowest BCUT2D eigenvalue weighted by Gasteiger charge is -2.21. The van der Waals surface area contributed by atoms with Crippen molar-refractivity contribution in [2.75, 3.05) is 6.54 Å². The van der Waals surface area contributed by atoms with Gasteiger partial charge >= 0.3 is 6.09 Å². The van der Waals surface area contributed by atoms with E-state index in [1.807, 2.05) is 52.1 Å². The van der Waals surface area contributed by atoms with Crippen LogP contribution in [0.3, 0.4) is 0 Å². The molecule has 3 N–H and O–H groups in total. The van der Waals surface area contributed by atoms with E-state index in [-0.39, 0.29) is 6.04 Å². The zero-order chi connectivity index (χ0) is 17.0. The van der Waals surface area contributed by atoms with Crippen molar-refractivity contribution in [3.8, 4) is 0 Å². The Labute approximate surface area is 141 Å². The van der Waals surface area contributed by atoms with Crippen LogP contribution in [0.1, 0.15) is 33.3 Å². The summed E-state index contributed by atoms with van der Waals surface area (Å²) in [5.74, 6) is 0. The van der Waals surface area contributed by atoms with Gasteiger partial charge in [-0.3, -0.25) is 0 Å².